The Bertz CT molecular complexity index is 627. The lowest BCUT2D eigenvalue weighted by Crippen LogP contribution is -2.27. The van der Waals surface area contributed by atoms with Crippen LogP contribution < -0.4 is 0 Å². The van der Waals surface area contributed by atoms with Crippen LogP contribution in [0.4, 0.5) is 0 Å². The van der Waals surface area contributed by atoms with Crippen LogP contribution in [0, 0.1) is 0 Å². The first kappa shape index (κ1) is 22.8. The molecule has 0 aliphatic heterocycles. The Labute approximate surface area is 142 Å². The summed E-state index contributed by atoms with van der Waals surface area (Å²) >= 11 is 0. The second kappa shape index (κ2) is 9.33. The molecule has 0 aromatic rings. The molecule has 142 valence electrons. The highest BCUT2D eigenvalue weighted by Gasteiger charge is 2.23. The molecule has 0 rings (SSSR count). The number of esters is 2. The third kappa shape index (κ3) is 14.4. The standard InChI is InChI=1S/C13H24O9S2/c1-13(2,3)22-24(18,19)10-21-12(15)8-6-5-7-11(14)20-9-23(4,16)17/h5-10H2,1-4H3. The highest BCUT2D eigenvalue weighted by molar-refractivity contribution is 7.90. The maximum atomic E-state index is 11.5. The lowest BCUT2D eigenvalue weighted by Gasteiger charge is -2.18. The van der Waals surface area contributed by atoms with E-state index in [0.717, 1.165) is 6.26 Å². The molecule has 0 unspecified atom stereocenters. The Balaban J connectivity index is 3.94. The molecule has 0 aliphatic carbocycles. The molecule has 0 saturated carbocycles. The number of hydrogen-bond acceptors (Lipinski definition) is 9. The van der Waals surface area contributed by atoms with Gasteiger partial charge in [0.05, 0.1) is 5.60 Å². The fourth-order valence-electron chi connectivity index (χ4n) is 1.40. The lowest BCUT2D eigenvalue weighted by molar-refractivity contribution is -0.144. The van der Waals surface area contributed by atoms with E-state index in [4.69, 9.17) is 4.18 Å². The number of hydrogen-bond donors (Lipinski definition) is 0. The summed E-state index contributed by atoms with van der Waals surface area (Å²) in [6.07, 6.45) is 1.36. The molecule has 0 spiro atoms. The number of sulfone groups is 1. The molecule has 24 heavy (non-hydrogen) atoms. The molecule has 0 N–H and O–H groups in total. The van der Waals surface area contributed by atoms with E-state index in [2.05, 4.69) is 9.47 Å². The van der Waals surface area contributed by atoms with Gasteiger partial charge in [0.1, 0.15) is 0 Å². The summed E-state index contributed by atoms with van der Waals surface area (Å²) < 4.78 is 58.5. The van der Waals surface area contributed by atoms with E-state index in [1.165, 1.54) is 0 Å². The van der Waals surface area contributed by atoms with Crippen molar-refractivity contribution in [2.24, 2.45) is 0 Å². The first-order valence-electron chi connectivity index (χ1n) is 7.12. The van der Waals surface area contributed by atoms with Gasteiger partial charge >= 0.3 is 22.1 Å². The van der Waals surface area contributed by atoms with Gasteiger partial charge in [-0.05, 0) is 33.6 Å². The molecule has 9 nitrogen and oxygen atoms in total. The quantitative estimate of drug-likeness (QED) is 0.302. The second-order valence-electron chi connectivity index (χ2n) is 6.15. The van der Waals surface area contributed by atoms with Gasteiger partial charge in [-0.3, -0.25) is 13.8 Å². The number of unbranched alkanes of at least 4 members (excludes halogenated alkanes) is 1. The average molecular weight is 388 g/mol. The minimum atomic E-state index is -3.97. The van der Waals surface area contributed by atoms with Gasteiger partial charge in [-0.2, -0.15) is 8.42 Å². The molecule has 0 atom stereocenters. The van der Waals surface area contributed by atoms with Gasteiger partial charge < -0.3 is 9.47 Å². The first-order valence-corrected chi connectivity index (χ1v) is 10.8. The first-order chi connectivity index (χ1) is 10.7. The predicted octanol–water partition coefficient (Wildman–Crippen LogP) is 0.738. The molecule has 0 saturated heterocycles. The average Bonchev–Trinajstić information content (AvgIpc) is 2.35. The normalized spacial score (nSPS) is 12.7. The zero-order valence-corrected chi connectivity index (χ0v) is 15.9. The molecule has 0 aromatic carbocycles. The molecule has 0 aromatic heterocycles. The molecular weight excluding hydrogens is 364 g/mol. The maximum absolute atomic E-state index is 11.5. The third-order valence-corrected chi connectivity index (χ3v) is 3.89. The van der Waals surface area contributed by atoms with Crippen molar-refractivity contribution in [3.05, 3.63) is 0 Å². The van der Waals surface area contributed by atoms with Crippen LogP contribution in [0.5, 0.6) is 0 Å². The van der Waals surface area contributed by atoms with Gasteiger partial charge in [0.25, 0.3) is 0 Å². The molecule has 0 heterocycles. The molecule has 0 fully saturated rings. The van der Waals surface area contributed by atoms with Gasteiger partial charge in [0.2, 0.25) is 5.94 Å². The van der Waals surface area contributed by atoms with Gasteiger partial charge in [-0.25, -0.2) is 8.42 Å². The van der Waals surface area contributed by atoms with Crippen molar-refractivity contribution in [2.45, 2.75) is 52.1 Å². The number of ether oxygens (including phenoxy) is 2. The Morgan fingerprint density at radius 3 is 1.62 bits per heavy atom. The van der Waals surface area contributed by atoms with Crippen molar-refractivity contribution in [2.75, 3.05) is 18.1 Å². The van der Waals surface area contributed by atoms with Crippen molar-refractivity contribution in [1.29, 1.82) is 0 Å². The lowest BCUT2D eigenvalue weighted by atomic mass is 10.2. The van der Waals surface area contributed by atoms with Crippen LogP contribution in [0.1, 0.15) is 46.5 Å². The summed E-state index contributed by atoms with van der Waals surface area (Å²) in [5.74, 6) is -2.98. The van der Waals surface area contributed by atoms with Gasteiger partial charge in [0, 0.05) is 19.1 Å². The van der Waals surface area contributed by atoms with E-state index >= 15 is 0 Å². The van der Waals surface area contributed by atoms with Gasteiger partial charge in [0.15, 0.2) is 15.8 Å². The monoisotopic (exact) mass is 388 g/mol. The Morgan fingerprint density at radius 2 is 1.25 bits per heavy atom. The smallest absolute Gasteiger partial charge is 0.306 e. The minimum absolute atomic E-state index is 0.0474. The van der Waals surface area contributed by atoms with Crippen molar-refractivity contribution in [3.63, 3.8) is 0 Å². The fourth-order valence-corrected chi connectivity index (χ4v) is 2.83. The summed E-state index contributed by atoms with van der Waals surface area (Å²) in [6, 6.07) is 0. The Kier molecular flexibility index (Phi) is 8.86. The maximum Gasteiger partial charge on any atom is 0.306 e. The Morgan fingerprint density at radius 1 is 0.833 bits per heavy atom. The molecule has 11 heteroatoms. The summed E-state index contributed by atoms with van der Waals surface area (Å²) in [7, 11) is -7.36. The fraction of sp³-hybridized carbons (Fsp3) is 0.846. The van der Waals surface area contributed by atoms with Crippen LogP contribution in [-0.4, -0.2) is 52.5 Å². The van der Waals surface area contributed by atoms with Crippen LogP contribution in [0.2, 0.25) is 0 Å². The van der Waals surface area contributed by atoms with E-state index < -0.39 is 49.4 Å². The van der Waals surface area contributed by atoms with Gasteiger partial charge in [-0.15, -0.1) is 0 Å². The second-order valence-corrected chi connectivity index (χ2v) is 9.76. The van der Waals surface area contributed by atoms with E-state index in [9.17, 15) is 26.4 Å². The molecular formula is C13H24O9S2. The molecule has 0 radical (unpaired) electrons. The number of carbonyl (C=O) groups is 2. The Hall–Kier alpha value is -1.20. The molecule has 0 amide bonds. The topological polar surface area (TPSA) is 130 Å². The predicted molar refractivity (Wildman–Crippen MR) is 85.0 cm³/mol. The zero-order chi connectivity index (χ0) is 19.0. The summed E-state index contributed by atoms with van der Waals surface area (Å²) in [4.78, 5) is 22.6. The van der Waals surface area contributed by atoms with Crippen molar-refractivity contribution >= 4 is 31.9 Å². The summed E-state index contributed by atoms with van der Waals surface area (Å²) in [5, 5.41) is 0. The highest BCUT2D eigenvalue weighted by Crippen LogP contribution is 2.12. The minimum Gasteiger partial charge on any atom is -0.449 e. The van der Waals surface area contributed by atoms with Crippen molar-refractivity contribution < 1.29 is 40.1 Å². The van der Waals surface area contributed by atoms with E-state index in [0.29, 0.717) is 0 Å². The summed E-state index contributed by atoms with van der Waals surface area (Å²) in [5.41, 5.74) is -0.919. The number of carbonyl (C=O) groups excluding carboxylic acids is 2. The summed E-state index contributed by atoms with van der Waals surface area (Å²) in [6.45, 7) is 4.65. The largest absolute Gasteiger partial charge is 0.449 e. The van der Waals surface area contributed by atoms with Crippen LogP contribution in [0.25, 0.3) is 0 Å². The zero-order valence-electron chi connectivity index (χ0n) is 14.2. The van der Waals surface area contributed by atoms with Crippen LogP contribution in [0.3, 0.4) is 0 Å². The third-order valence-electron chi connectivity index (χ3n) is 2.19. The van der Waals surface area contributed by atoms with Crippen molar-refractivity contribution in [1.82, 2.24) is 0 Å². The SMILES string of the molecule is CC(C)(C)OS(=O)(=O)COC(=O)CCCCC(=O)OCS(C)(=O)=O. The van der Waals surface area contributed by atoms with E-state index in [1.807, 2.05) is 0 Å². The van der Waals surface area contributed by atoms with E-state index in [1.54, 1.807) is 20.8 Å². The highest BCUT2D eigenvalue weighted by atomic mass is 32.2. The number of rotatable bonds is 10. The van der Waals surface area contributed by atoms with Crippen LogP contribution in [0.15, 0.2) is 0 Å². The van der Waals surface area contributed by atoms with Crippen LogP contribution in [-0.2, 0) is 43.2 Å². The molecule has 0 bridgehead atoms. The van der Waals surface area contributed by atoms with Crippen LogP contribution >= 0.6 is 0 Å². The van der Waals surface area contributed by atoms with Gasteiger partial charge in [-0.1, -0.05) is 0 Å². The van der Waals surface area contributed by atoms with Crippen molar-refractivity contribution in [3.8, 4) is 0 Å². The molecule has 0 aliphatic rings. The van der Waals surface area contributed by atoms with E-state index in [-0.39, 0.29) is 25.7 Å².